The van der Waals surface area contributed by atoms with Crippen LogP contribution in [0.3, 0.4) is 0 Å². The van der Waals surface area contributed by atoms with Crippen molar-refractivity contribution in [3.8, 4) is 0 Å². The summed E-state index contributed by atoms with van der Waals surface area (Å²) in [6.45, 7) is 2.32. The minimum absolute atomic E-state index is 0.0357. The Morgan fingerprint density at radius 2 is 1.93 bits per heavy atom. The van der Waals surface area contributed by atoms with Crippen LogP contribution in [0.2, 0.25) is 0 Å². The van der Waals surface area contributed by atoms with Gasteiger partial charge in [-0.05, 0) is 24.6 Å². The summed E-state index contributed by atoms with van der Waals surface area (Å²) in [5.41, 5.74) is 2.26. The van der Waals surface area contributed by atoms with E-state index >= 15 is 0 Å². The molecule has 1 aliphatic heterocycles. The molecule has 1 aromatic carbocycles. The van der Waals surface area contributed by atoms with Crippen LogP contribution in [0.15, 0.2) is 64.2 Å². The molecule has 3 aliphatic rings. The van der Waals surface area contributed by atoms with Crippen LogP contribution in [0, 0.1) is 28.9 Å². The highest BCUT2D eigenvalue weighted by molar-refractivity contribution is 7.89. The smallest absolute Gasteiger partial charge is 0.266 e. The number of sulfonamides is 1. The molecule has 1 saturated heterocycles. The topological polar surface area (TPSA) is 97.6 Å². The fourth-order valence-corrected chi connectivity index (χ4v) is 5.45. The zero-order chi connectivity index (χ0) is 19.3. The Hall–Kier alpha value is -2.58. The maximum atomic E-state index is 12.9. The normalized spacial score (nSPS) is 25.2. The quantitative estimate of drug-likeness (QED) is 0.584. The Kier molecular flexibility index (Phi) is 4.12. The first-order valence-electron chi connectivity index (χ1n) is 8.65. The molecule has 0 N–H and O–H groups in total. The molecule has 1 aromatic rings. The van der Waals surface area contributed by atoms with Crippen molar-refractivity contribution in [2.75, 3.05) is 13.1 Å². The predicted octanol–water partition coefficient (Wildman–Crippen LogP) is 2.23. The van der Waals surface area contributed by atoms with E-state index in [9.17, 15) is 23.3 Å². The summed E-state index contributed by atoms with van der Waals surface area (Å²) >= 11 is 0. The number of benzene rings is 1. The second kappa shape index (κ2) is 6.24. The first kappa shape index (κ1) is 17.8. The second-order valence-corrected chi connectivity index (χ2v) is 9.05. The van der Waals surface area contributed by atoms with Crippen molar-refractivity contribution in [2.45, 2.75) is 18.2 Å². The minimum atomic E-state index is -3.64. The molecule has 140 valence electrons. The van der Waals surface area contributed by atoms with Gasteiger partial charge in [-0.15, -0.1) is 0 Å². The van der Waals surface area contributed by atoms with Crippen molar-refractivity contribution in [1.29, 1.82) is 0 Å². The van der Waals surface area contributed by atoms with Crippen LogP contribution in [0.4, 0.5) is 0 Å². The average molecular weight is 386 g/mol. The minimum Gasteiger partial charge on any atom is -0.294 e. The third kappa shape index (κ3) is 2.94. The Morgan fingerprint density at radius 1 is 1.22 bits per heavy atom. The summed E-state index contributed by atoms with van der Waals surface area (Å²) < 4.78 is 27.3. The summed E-state index contributed by atoms with van der Waals surface area (Å²) in [7, 11) is -3.64. The van der Waals surface area contributed by atoms with Gasteiger partial charge in [0.15, 0.2) is 5.78 Å². The highest BCUT2D eigenvalue weighted by Gasteiger charge is 2.44. The van der Waals surface area contributed by atoms with Crippen molar-refractivity contribution in [3.63, 3.8) is 0 Å². The monoisotopic (exact) mass is 386 g/mol. The number of ketones is 1. The van der Waals surface area contributed by atoms with E-state index in [2.05, 4.69) is 0 Å². The number of aryl methyl sites for hydroxylation is 1. The van der Waals surface area contributed by atoms with Gasteiger partial charge in [0, 0.05) is 49.1 Å². The van der Waals surface area contributed by atoms with E-state index in [1.54, 1.807) is 30.3 Å². The number of carbonyl (C=O) groups is 1. The Labute approximate surface area is 156 Å². The van der Waals surface area contributed by atoms with Crippen molar-refractivity contribution in [1.82, 2.24) is 4.31 Å². The van der Waals surface area contributed by atoms with E-state index in [-0.39, 0.29) is 41.8 Å². The van der Waals surface area contributed by atoms with Crippen molar-refractivity contribution < 1.29 is 18.1 Å². The standard InChI is InChI=1S/C19H18N2O5S/c1-12-2-6-16(7-3-12)27(25,26)20-10-14-9-18(22)19(17(14)11-20)13-4-5-15(8-13)21(23)24/h2-8,13-14H,9-11H2,1H3. The van der Waals surface area contributed by atoms with Crippen LogP contribution in [-0.4, -0.2) is 36.5 Å². The van der Waals surface area contributed by atoms with Crippen LogP contribution in [-0.2, 0) is 14.8 Å². The van der Waals surface area contributed by atoms with Crippen molar-refractivity contribution >= 4 is 15.8 Å². The number of fused-ring (bicyclic) bond motifs is 1. The maximum Gasteiger partial charge on any atom is 0.266 e. The molecule has 2 atom stereocenters. The zero-order valence-electron chi connectivity index (χ0n) is 14.7. The van der Waals surface area contributed by atoms with Gasteiger partial charge in [0.2, 0.25) is 10.0 Å². The molecule has 4 rings (SSSR count). The third-order valence-corrected chi connectivity index (χ3v) is 7.20. The SMILES string of the molecule is Cc1ccc(S(=O)(=O)N2CC3=C(C4C=CC([N+](=O)[O-])=C4)C(=O)CC3C2)cc1. The molecule has 8 heteroatoms. The third-order valence-electron chi connectivity index (χ3n) is 5.37. The van der Waals surface area contributed by atoms with Gasteiger partial charge in [-0.2, -0.15) is 4.31 Å². The summed E-state index contributed by atoms with van der Waals surface area (Å²) in [6.07, 6.45) is 4.75. The van der Waals surface area contributed by atoms with Gasteiger partial charge in [0.25, 0.3) is 5.70 Å². The van der Waals surface area contributed by atoms with Gasteiger partial charge in [-0.25, -0.2) is 8.42 Å². The van der Waals surface area contributed by atoms with E-state index in [1.807, 2.05) is 6.92 Å². The maximum absolute atomic E-state index is 12.9. The number of hydrogen-bond acceptors (Lipinski definition) is 5. The van der Waals surface area contributed by atoms with Crippen molar-refractivity contribution in [2.24, 2.45) is 11.8 Å². The first-order valence-corrected chi connectivity index (χ1v) is 10.1. The molecular formula is C19H18N2O5S. The number of hydrogen-bond donors (Lipinski definition) is 0. The van der Waals surface area contributed by atoms with Crippen molar-refractivity contribution in [3.05, 3.63) is 75.0 Å². The molecule has 0 saturated carbocycles. The van der Waals surface area contributed by atoms with E-state index in [4.69, 9.17) is 0 Å². The molecule has 2 unspecified atom stereocenters. The fourth-order valence-electron chi connectivity index (χ4n) is 3.99. The molecule has 0 radical (unpaired) electrons. The van der Waals surface area contributed by atoms with Crippen LogP contribution >= 0.6 is 0 Å². The molecule has 0 amide bonds. The second-order valence-electron chi connectivity index (χ2n) is 7.11. The van der Waals surface area contributed by atoms with E-state index in [0.717, 1.165) is 11.1 Å². The van der Waals surface area contributed by atoms with E-state index < -0.39 is 20.9 Å². The molecule has 0 aromatic heterocycles. The molecular weight excluding hydrogens is 368 g/mol. The summed E-state index contributed by atoms with van der Waals surface area (Å²) in [4.78, 5) is 23.1. The van der Waals surface area contributed by atoms with Gasteiger partial charge < -0.3 is 0 Å². The fraction of sp³-hybridized carbons (Fsp3) is 0.316. The number of nitro groups is 1. The number of allylic oxidation sites excluding steroid dienone is 4. The van der Waals surface area contributed by atoms with Crippen LogP contribution < -0.4 is 0 Å². The zero-order valence-corrected chi connectivity index (χ0v) is 15.5. The van der Waals surface area contributed by atoms with Gasteiger partial charge in [0.1, 0.15) is 0 Å². The van der Waals surface area contributed by atoms with Gasteiger partial charge in [-0.3, -0.25) is 14.9 Å². The summed E-state index contributed by atoms with van der Waals surface area (Å²) in [5, 5.41) is 10.9. The molecule has 0 spiro atoms. The lowest BCUT2D eigenvalue weighted by Gasteiger charge is -2.17. The highest BCUT2D eigenvalue weighted by Crippen LogP contribution is 2.42. The van der Waals surface area contributed by atoms with Gasteiger partial charge in [0.05, 0.1) is 9.82 Å². The molecule has 0 bridgehead atoms. The van der Waals surface area contributed by atoms with Crippen LogP contribution in [0.25, 0.3) is 0 Å². The molecule has 1 fully saturated rings. The number of Topliss-reactive ketones (excluding diaryl/α,β-unsaturated/α-hetero) is 1. The first-order chi connectivity index (χ1) is 12.8. The average Bonchev–Trinajstić information content (AvgIpc) is 3.29. The molecule has 7 nitrogen and oxygen atoms in total. The Morgan fingerprint density at radius 3 is 2.56 bits per heavy atom. The lowest BCUT2D eigenvalue weighted by atomic mass is 9.96. The largest absolute Gasteiger partial charge is 0.294 e. The lowest BCUT2D eigenvalue weighted by Crippen LogP contribution is -2.30. The number of nitrogens with zero attached hydrogens (tertiary/aromatic N) is 2. The predicted molar refractivity (Wildman–Crippen MR) is 97.8 cm³/mol. The van der Waals surface area contributed by atoms with Crippen LogP contribution in [0.5, 0.6) is 0 Å². The molecule has 2 aliphatic carbocycles. The number of carbonyl (C=O) groups excluding carboxylic acids is 1. The highest BCUT2D eigenvalue weighted by atomic mass is 32.2. The summed E-state index contributed by atoms with van der Waals surface area (Å²) in [6, 6.07) is 6.69. The van der Waals surface area contributed by atoms with Gasteiger partial charge in [-0.1, -0.05) is 23.8 Å². The molecule has 1 heterocycles. The van der Waals surface area contributed by atoms with Crippen LogP contribution in [0.1, 0.15) is 12.0 Å². The molecule has 27 heavy (non-hydrogen) atoms. The van der Waals surface area contributed by atoms with E-state index in [1.165, 1.54) is 16.5 Å². The van der Waals surface area contributed by atoms with E-state index in [0.29, 0.717) is 5.57 Å². The summed E-state index contributed by atoms with van der Waals surface area (Å²) in [5.74, 6) is -0.632. The lowest BCUT2D eigenvalue weighted by molar-refractivity contribution is -0.418. The number of rotatable bonds is 4. The Bertz CT molecular complexity index is 1030. The van der Waals surface area contributed by atoms with Gasteiger partial charge >= 0.3 is 0 Å². The Balaban J connectivity index is 1.65.